The fourth-order valence-corrected chi connectivity index (χ4v) is 2.10. The third-order valence-corrected chi connectivity index (χ3v) is 3.33. The Kier molecular flexibility index (Phi) is 3.22. The van der Waals surface area contributed by atoms with Crippen molar-refractivity contribution < 1.29 is 4.74 Å². The van der Waals surface area contributed by atoms with Crippen LogP contribution in [0.15, 0.2) is 0 Å². The average molecular weight is 175 g/mol. The Bertz CT molecular complexity index is 116. The summed E-state index contributed by atoms with van der Waals surface area (Å²) in [7, 11) is 0. The normalized spacial score (nSPS) is 25.9. The first-order valence-electron chi connectivity index (χ1n) is 4.06. The summed E-state index contributed by atoms with van der Waals surface area (Å²) in [5, 5.41) is 0.692. The molecule has 11 heavy (non-hydrogen) atoms. The summed E-state index contributed by atoms with van der Waals surface area (Å²) >= 11 is 1.94. The maximum atomic E-state index is 5.85. The van der Waals surface area contributed by atoms with E-state index < -0.39 is 0 Å². The number of ether oxygens (including phenoxy) is 1. The molecular weight excluding hydrogens is 158 g/mol. The minimum Gasteiger partial charge on any atom is -0.380 e. The van der Waals surface area contributed by atoms with Gasteiger partial charge in [0.05, 0.1) is 6.61 Å². The Morgan fingerprint density at radius 3 is 2.82 bits per heavy atom. The van der Waals surface area contributed by atoms with Crippen molar-refractivity contribution in [3.05, 3.63) is 0 Å². The van der Waals surface area contributed by atoms with Crippen LogP contribution < -0.4 is 5.73 Å². The highest BCUT2D eigenvalue weighted by atomic mass is 32.2. The highest BCUT2D eigenvalue weighted by molar-refractivity contribution is 8.00. The van der Waals surface area contributed by atoms with E-state index in [9.17, 15) is 0 Å². The Labute approximate surface area is 72.9 Å². The molecule has 0 bridgehead atoms. The highest BCUT2D eigenvalue weighted by Gasteiger charge is 2.19. The van der Waals surface area contributed by atoms with Crippen molar-refractivity contribution in [2.24, 2.45) is 5.73 Å². The van der Waals surface area contributed by atoms with Crippen LogP contribution in [-0.2, 0) is 4.74 Å². The summed E-state index contributed by atoms with van der Waals surface area (Å²) in [6, 6.07) is 0. The van der Waals surface area contributed by atoms with E-state index >= 15 is 0 Å². The molecule has 1 atom stereocenters. The second kappa shape index (κ2) is 3.78. The Balaban J connectivity index is 2.11. The van der Waals surface area contributed by atoms with Gasteiger partial charge in [-0.1, -0.05) is 0 Å². The molecule has 2 nitrogen and oxygen atoms in total. The molecule has 0 radical (unpaired) electrons. The summed E-state index contributed by atoms with van der Waals surface area (Å²) in [4.78, 5) is 0. The molecule has 3 heteroatoms. The van der Waals surface area contributed by atoms with E-state index in [1.54, 1.807) is 0 Å². The lowest BCUT2D eigenvalue weighted by molar-refractivity contribution is 0.199. The zero-order valence-corrected chi connectivity index (χ0v) is 8.12. The van der Waals surface area contributed by atoms with E-state index in [0.29, 0.717) is 5.25 Å². The molecule has 2 N–H and O–H groups in total. The smallest absolute Gasteiger partial charge is 0.0585 e. The standard InChI is InChI=1S/C8H17NOS/c1-8(2,9)6-11-7-3-4-10-5-7/h7H,3-6,9H2,1-2H3. The zero-order chi connectivity index (χ0) is 8.32. The molecular formula is C8H17NOS. The number of hydrogen-bond donors (Lipinski definition) is 1. The first-order valence-corrected chi connectivity index (χ1v) is 5.11. The molecule has 1 aliphatic rings. The molecule has 0 spiro atoms. The Morgan fingerprint density at radius 2 is 2.36 bits per heavy atom. The second-order valence-electron chi connectivity index (χ2n) is 3.79. The Morgan fingerprint density at radius 1 is 1.64 bits per heavy atom. The molecule has 0 amide bonds. The average Bonchev–Trinajstić information content (AvgIpc) is 2.32. The van der Waals surface area contributed by atoms with Gasteiger partial charge in [-0.2, -0.15) is 11.8 Å². The third kappa shape index (κ3) is 3.99. The molecule has 1 heterocycles. The lowest BCUT2D eigenvalue weighted by Crippen LogP contribution is -2.35. The fourth-order valence-electron chi connectivity index (χ4n) is 0.977. The number of rotatable bonds is 3. The van der Waals surface area contributed by atoms with Gasteiger partial charge >= 0.3 is 0 Å². The summed E-state index contributed by atoms with van der Waals surface area (Å²) in [5.41, 5.74) is 5.82. The predicted molar refractivity (Wildman–Crippen MR) is 49.9 cm³/mol. The zero-order valence-electron chi connectivity index (χ0n) is 7.30. The molecule has 0 aromatic rings. The third-order valence-electron chi connectivity index (χ3n) is 1.58. The van der Waals surface area contributed by atoms with Crippen LogP contribution in [0.2, 0.25) is 0 Å². The van der Waals surface area contributed by atoms with Crippen LogP contribution in [0.5, 0.6) is 0 Å². The molecule has 66 valence electrons. The van der Waals surface area contributed by atoms with Gasteiger partial charge < -0.3 is 10.5 Å². The minimum atomic E-state index is -0.0345. The summed E-state index contributed by atoms with van der Waals surface area (Å²) < 4.78 is 5.26. The first kappa shape index (κ1) is 9.36. The van der Waals surface area contributed by atoms with Crippen molar-refractivity contribution in [3.8, 4) is 0 Å². The largest absolute Gasteiger partial charge is 0.380 e. The van der Waals surface area contributed by atoms with Crippen LogP contribution in [0.3, 0.4) is 0 Å². The Hall–Kier alpha value is 0.270. The minimum absolute atomic E-state index is 0.0345. The van der Waals surface area contributed by atoms with E-state index in [0.717, 1.165) is 19.0 Å². The number of nitrogens with two attached hydrogens (primary N) is 1. The predicted octanol–water partition coefficient (Wildman–Crippen LogP) is 1.25. The molecule has 1 saturated heterocycles. The molecule has 1 rings (SSSR count). The quantitative estimate of drug-likeness (QED) is 0.701. The van der Waals surface area contributed by atoms with E-state index in [1.807, 2.05) is 11.8 Å². The van der Waals surface area contributed by atoms with Crippen LogP contribution in [0.4, 0.5) is 0 Å². The molecule has 1 unspecified atom stereocenters. The molecule has 1 aliphatic heterocycles. The van der Waals surface area contributed by atoms with Gasteiger partial charge in [-0.05, 0) is 20.3 Å². The van der Waals surface area contributed by atoms with E-state index in [1.165, 1.54) is 6.42 Å². The number of thioether (sulfide) groups is 1. The molecule has 0 aliphatic carbocycles. The van der Waals surface area contributed by atoms with Crippen molar-refractivity contribution in [3.63, 3.8) is 0 Å². The lowest BCUT2D eigenvalue weighted by Gasteiger charge is -2.19. The van der Waals surface area contributed by atoms with Crippen LogP contribution in [0, 0.1) is 0 Å². The lowest BCUT2D eigenvalue weighted by atomic mass is 10.1. The molecule has 0 saturated carbocycles. The maximum Gasteiger partial charge on any atom is 0.0585 e. The molecule has 0 aromatic heterocycles. The van der Waals surface area contributed by atoms with Gasteiger partial charge in [0.15, 0.2) is 0 Å². The number of hydrogen-bond acceptors (Lipinski definition) is 3. The van der Waals surface area contributed by atoms with Crippen LogP contribution in [0.25, 0.3) is 0 Å². The van der Waals surface area contributed by atoms with E-state index in [4.69, 9.17) is 10.5 Å². The van der Waals surface area contributed by atoms with Gasteiger partial charge in [-0.3, -0.25) is 0 Å². The van der Waals surface area contributed by atoms with E-state index in [2.05, 4.69) is 13.8 Å². The van der Waals surface area contributed by atoms with Gasteiger partial charge in [0, 0.05) is 23.1 Å². The topological polar surface area (TPSA) is 35.2 Å². The van der Waals surface area contributed by atoms with Crippen molar-refractivity contribution in [1.82, 2.24) is 0 Å². The van der Waals surface area contributed by atoms with Gasteiger partial charge in [-0.15, -0.1) is 0 Å². The SMILES string of the molecule is CC(C)(N)CSC1CCOC1. The molecule has 1 fully saturated rings. The van der Waals surface area contributed by atoms with Gasteiger partial charge in [0.2, 0.25) is 0 Å². The second-order valence-corrected chi connectivity index (χ2v) is 5.07. The van der Waals surface area contributed by atoms with E-state index in [-0.39, 0.29) is 5.54 Å². The van der Waals surface area contributed by atoms with Crippen molar-refractivity contribution in [2.75, 3.05) is 19.0 Å². The van der Waals surface area contributed by atoms with Crippen LogP contribution in [-0.4, -0.2) is 29.8 Å². The van der Waals surface area contributed by atoms with Gasteiger partial charge in [-0.25, -0.2) is 0 Å². The van der Waals surface area contributed by atoms with Gasteiger partial charge in [0.1, 0.15) is 0 Å². The highest BCUT2D eigenvalue weighted by Crippen LogP contribution is 2.22. The first-order chi connectivity index (χ1) is 5.08. The monoisotopic (exact) mass is 175 g/mol. The van der Waals surface area contributed by atoms with Crippen LogP contribution >= 0.6 is 11.8 Å². The van der Waals surface area contributed by atoms with Crippen molar-refractivity contribution >= 4 is 11.8 Å². The van der Waals surface area contributed by atoms with Gasteiger partial charge in [0.25, 0.3) is 0 Å². The maximum absolute atomic E-state index is 5.85. The summed E-state index contributed by atoms with van der Waals surface area (Å²) in [6.45, 7) is 5.98. The summed E-state index contributed by atoms with van der Waals surface area (Å²) in [5.74, 6) is 1.03. The van der Waals surface area contributed by atoms with Crippen molar-refractivity contribution in [1.29, 1.82) is 0 Å². The summed E-state index contributed by atoms with van der Waals surface area (Å²) in [6.07, 6.45) is 1.20. The van der Waals surface area contributed by atoms with Crippen molar-refractivity contribution in [2.45, 2.75) is 31.1 Å². The fraction of sp³-hybridized carbons (Fsp3) is 1.00. The van der Waals surface area contributed by atoms with Crippen LogP contribution in [0.1, 0.15) is 20.3 Å². The molecule has 0 aromatic carbocycles.